The monoisotopic (exact) mass is 281 g/mol. The standard InChI is InChI=1S/C17H16FN3/c1-12(13-5-7-16(19)8-6-13)21-11-20-10-17(21)14-3-2-4-15(18)9-14/h2-12H,19H2,1H3. The molecule has 3 aromatic rings. The second-order valence-electron chi connectivity index (χ2n) is 5.04. The lowest BCUT2D eigenvalue weighted by molar-refractivity contribution is 0.625. The van der Waals surface area contributed by atoms with Crippen molar-refractivity contribution in [1.29, 1.82) is 0 Å². The van der Waals surface area contributed by atoms with Gasteiger partial charge >= 0.3 is 0 Å². The third-order valence-electron chi connectivity index (χ3n) is 3.62. The van der Waals surface area contributed by atoms with E-state index < -0.39 is 0 Å². The van der Waals surface area contributed by atoms with Gasteiger partial charge in [-0.15, -0.1) is 0 Å². The minimum Gasteiger partial charge on any atom is -0.399 e. The average molecular weight is 281 g/mol. The van der Waals surface area contributed by atoms with E-state index >= 15 is 0 Å². The Morgan fingerprint density at radius 2 is 1.90 bits per heavy atom. The summed E-state index contributed by atoms with van der Waals surface area (Å²) in [6.07, 6.45) is 3.52. The number of nitrogen functional groups attached to an aromatic ring is 1. The van der Waals surface area contributed by atoms with Gasteiger partial charge in [-0.2, -0.15) is 0 Å². The van der Waals surface area contributed by atoms with E-state index in [9.17, 15) is 4.39 Å². The minimum atomic E-state index is -0.250. The summed E-state index contributed by atoms with van der Waals surface area (Å²) in [6, 6.07) is 14.4. The fraction of sp³-hybridized carbons (Fsp3) is 0.118. The number of imidazole rings is 1. The van der Waals surface area contributed by atoms with Crippen molar-refractivity contribution in [1.82, 2.24) is 9.55 Å². The topological polar surface area (TPSA) is 43.8 Å². The van der Waals surface area contributed by atoms with Gasteiger partial charge in [0.05, 0.1) is 24.3 Å². The summed E-state index contributed by atoms with van der Waals surface area (Å²) >= 11 is 0. The first-order valence-corrected chi connectivity index (χ1v) is 6.78. The van der Waals surface area contributed by atoms with Crippen LogP contribution in [0.15, 0.2) is 61.1 Å². The van der Waals surface area contributed by atoms with Gasteiger partial charge in [-0.3, -0.25) is 0 Å². The van der Waals surface area contributed by atoms with Crippen LogP contribution in [0.2, 0.25) is 0 Å². The van der Waals surface area contributed by atoms with Crippen molar-refractivity contribution in [3.05, 3.63) is 72.4 Å². The number of aromatic nitrogens is 2. The van der Waals surface area contributed by atoms with Crippen molar-refractivity contribution in [2.24, 2.45) is 0 Å². The third-order valence-corrected chi connectivity index (χ3v) is 3.62. The van der Waals surface area contributed by atoms with Crippen LogP contribution in [0.5, 0.6) is 0 Å². The molecule has 106 valence electrons. The molecule has 0 fully saturated rings. The van der Waals surface area contributed by atoms with Crippen molar-refractivity contribution in [3.8, 4) is 11.3 Å². The van der Waals surface area contributed by atoms with Gasteiger partial charge in [0.15, 0.2) is 0 Å². The summed E-state index contributed by atoms with van der Waals surface area (Å²) in [5.41, 5.74) is 9.29. The van der Waals surface area contributed by atoms with Crippen molar-refractivity contribution < 1.29 is 4.39 Å². The molecule has 2 aromatic carbocycles. The normalized spacial score (nSPS) is 12.3. The van der Waals surface area contributed by atoms with E-state index in [1.54, 1.807) is 18.6 Å². The smallest absolute Gasteiger partial charge is 0.123 e. The van der Waals surface area contributed by atoms with Crippen LogP contribution in [0.4, 0.5) is 10.1 Å². The molecule has 1 atom stereocenters. The van der Waals surface area contributed by atoms with Crippen LogP contribution >= 0.6 is 0 Å². The molecule has 21 heavy (non-hydrogen) atoms. The molecule has 0 amide bonds. The highest BCUT2D eigenvalue weighted by molar-refractivity contribution is 5.59. The summed E-state index contributed by atoms with van der Waals surface area (Å²) in [7, 11) is 0. The van der Waals surface area contributed by atoms with E-state index in [1.807, 2.05) is 34.9 Å². The van der Waals surface area contributed by atoms with Crippen molar-refractivity contribution >= 4 is 5.69 Å². The number of benzene rings is 2. The minimum absolute atomic E-state index is 0.0892. The molecule has 0 aliphatic carbocycles. The van der Waals surface area contributed by atoms with Gasteiger partial charge in [-0.05, 0) is 36.8 Å². The first-order valence-electron chi connectivity index (χ1n) is 6.78. The SMILES string of the molecule is CC(c1ccc(N)cc1)n1cncc1-c1cccc(F)c1. The van der Waals surface area contributed by atoms with Crippen LogP contribution in [0, 0.1) is 5.82 Å². The molecule has 3 nitrogen and oxygen atoms in total. The molecular formula is C17H16FN3. The van der Waals surface area contributed by atoms with Crippen molar-refractivity contribution in [2.75, 3.05) is 5.73 Å². The van der Waals surface area contributed by atoms with Gasteiger partial charge < -0.3 is 10.3 Å². The van der Waals surface area contributed by atoms with Gasteiger partial charge in [0.1, 0.15) is 5.82 Å². The number of rotatable bonds is 3. The number of hydrogen-bond donors (Lipinski definition) is 1. The lowest BCUT2D eigenvalue weighted by Gasteiger charge is -2.17. The van der Waals surface area contributed by atoms with E-state index in [2.05, 4.69) is 11.9 Å². The highest BCUT2D eigenvalue weighted by atomic mass is 19.1. The molecular weight excluding hydrogens is 265 g/mol. The highest BCUT2D eigenvalue weighted by Crippen LogP contribution is 2.27. The molecule has 0 aliphatic rings. The average Bonchev–Trinajstić information content (AvgIpc) is 2.97. The second-order valence-corrected chi connectivity index (χ2v) is 5.04. The van der Waals surface area contributed by atoms with Crippen LogP contribution in [0.1, 0.15) is 18.5 Å². The molecule has 1 heterocycles. The fourth-order valence-corrected chi connectivity index (χ4v) is 2.42. The Morgan fingerprint density at radius 3 is 2.62 bits per heavy atom. The molecule has 1 unspecified atom stereocenters. The van der Waals surface area contributed by atoms with Gasteiger partial charge in [0, 0.05) is 11.3 Å². The molecule has 0 bridgehead atoms. The Hall–Kier alpha value is -2.62. The molecule has 0 spiro atoms. The Morgan fingerprint density at radius 1 is 1.14 bits per heavy atom. The quantitative estimate of drug-likeness (QED) is 0.740. The maximum atomic E-state index is 13.4. The first-order chi connectivity index (χ1) is 10.1. The maximum Gasteiger partial charge on any atom is 0.123 e. The van der Waals surface area contributed by atoms with E-state index in [-0.39, 0.29) is 11.9 Å². The number of hydrogen-bond acceptors (Lipinski definition) is 2. The van der Waals surface area contributed by atoms with Crippen LogP contribution < -0.4 is 5.73 Å². The molecule has 0 saturated carbocycles. The van der Waals surface area contributed by atoms with E-state index in [4.69, 9.17) is 5.73 Å². The zero-order chi connectivity index (χ0) is 14.8. The lowest BCUT2D eigenvalue weighted by Crippen LogP contribution is -2.07. The Kier molecular flexibility index (Phi) is 3.44. The van der Waals surface area contributed by atoms with Gasteiger partial charge in [-0.25, -0.2) is 9.37 Å². The maximum absolute atomic E-state index is 13.4. The zero-order valence-electron chi connectivity index (χ0n) is 11.7. The fourth-order valence-electron chi connectivity index (χ4n) is 2.42. The van der Waals surface area contributed by atoms with Crippen LogP contribution in [0.25, 0.3) is 11.3 Å². The highest BCUT2D eigenvalue weighted by Gasteiger charge is 2.13. The molecule has 0 saturated heterocycles. The molecule has 0 aliphatic heterocycles. The molecule has 4 heteroatoms. The van der Waals surface area contributed by atoms with Gasteiger partial charge in [0.2, 0.25) is 0 Å². The Bertz CT molecular complexity index is 747. The third kappa shape index (κ3) is 2.65. The van der Waals surface area contributed by atoms with Crippen molar-refractivity contribution in [3.63, 3.8) is 0 Å². The number of anilines is 1. The number of nitrogens with zero attached hydrogens (tertiary/aromatic N) is 2. The molecule has 2 N–H and O–H groups in total. The summed E-state index contributed by atoms with van der Waals surface area (Å²) in [5.74, 6) is -0.250. The molecule has 0 radical (unpaired) electrons. The van der Waals surface area contributed by atoms with E-state index in [1.165, 1.54) is 12.1 Å². The van der Waals surface area contributed by atoms with Crippen molar-refractivity contribution in [2.45, 2.75) is 13.0 Å². The Labute approximate surface area is 122 Å². The Balaban J connectivity index is 2.00. The predicted molar refractivity (Wildman–Crippen MR) is 82.3 cm³/mol. The van der Waals surface area contributed by atoms with Gasteiger partial charge in [0.25, 0.3) is 0 Å². The van der Waals surface area contributed by atoms with Gasteiger partial charge in [-0.1, -0.05) is 24.3 Å². The van der Waals surface area contributed by atoms with E-state index in [0.29, 0.717) is 0 Å². The first kappa shape index (κ1) is 13.4. The van der Waals surface area contributed by atoms with E-state index in [0.717, 1.165) is 22.5 Å². The summed E-state index contributed by atoms with van der Waals surface area (Å²) < 4.78 is 15.4. The zero-order valence-corrected chi connectivity index (χ0v) is 11.7. The van der Waals surface area contributed by atoms with Crippen LogP contribution in [-0.4, -0.2) is 9.55 Å². The predicted octanol–water partition coefficient (Wildman–Crippen LogP) is 3.88. The summed E-state index contributed by atoms with van der Waals surface area (Å²) in [5, 5.41) is 0. The summed E-state index contributed by atoms with van der Waals surface area (Å²) in [4.78, 5) is 4.21. The van der Waals surface area contributed by atoms with Crippen LogP contribution in [-0.2, 0) is 0 Å². The molecule has 3 rings (SSSR count). The van der Waals surface area contributed by atoms with Crippen LogP contribution in [0.3, 0.4) is 0 Å². The molecule has 1 aromatic heterocycles. The largest absolute Gasteiger partial charge is 0.399 e. The lowest BCUT2D eigenvalue weighted by atomic mass is 10.1. The summed E-state index contributed by atoms with van der Waals surface area (Å²) in [6.45, 7) is 2.08. The second kappa shape index (κ2) is 5.40. The number of halogens is 1. The number of nitrogens with two attached hydrogens (primary N) is 1.